The van der Waals surface area contributed by atoms with Crippen molar-refractivity contribution in [1.29, 1.82) is 0 Å². The number of nitrogens with one attached hydrogen (secondary N) is 1. The fraction of sp³-hybridized carbons (Fsp3) is 0.435. The molecule has 2 fully saturated rings. The number of aliphatic carboxylic acids is 1. The standard InChI is InChI=1S/C23H26FNO4/c1-15-3-2-4-20(21(15)24)19-8-5-17(13-16(19)14-29-18-6-7-18)25-23(22(26)27)9-11-28-12-10-23/h2-5,8,13,18,25H,6-7,9-12,14H2,1H3,(H,26,27). The van der Waals surface area contributed by atoms with Crippen LogP contribution >= 0.6 is 0 Å². The van der Waals surface area contributed by atoms with Crippen molar-refractivity contribution in [3.8, 4) is 11.1 Å². The molecule has 1 saturated carbocycles. The number of aryl methyl sites for hydroxylation is 1. The number of benzene rings is 2. The molecule has 0 aromatic heterocycles. The lowest BCUT2D eigenvalue weighted by Gasteiger charge is -2.35. The number of carbonyl (C=O) groups is 1. The van der Waals surface area contributed by atoms with Gasteiger partial charge >= 0.3 is 5.97 Å². The molecular weight excluding hydrogens is 373 g/mol. The lowest BCUT2D eigenvalue weighted by molar-refractivity contribution is -0.145. The zero-order chi connectivity index (χ0) is 20.4. The Bertz CT molecular complexity index is 904. The summed E-state index contributed by atoms with van der Waals surface area (Å²) in [6, 6.07) is 10.9. The van der Waals surface area contributed by atoms with Gasteiger partial charge in [-0.05, 0) is 48.6 Å². The summed E-state index contributed by atoms with van der Waals surface area (Å²) >= 11 is 0. The van der Waals surface area contributed by atoms with Crippen LogP contribution in [0.15, 0.2) is 36.4 Å². The van der Waals surface area contributed by atoms with Crippen LogP contribution in [0.4, 0.5) is 10.1 Å². The van der Waals surface area contributed by atoms with E-state index >= 15 is 0 Å². The lowest BCUT2D eigenvalue weighted by atomic mass is 9.89. The van der Waals surface area contributed by atoms with E-state index in [0.29, 0.717) is 49.5 Å². The van der Waals surface area contributed by atoms with E-state index in [0.717, 1.165) is 24.0 Å². The molecule has 0 bridgehead atoms. The van der Waals surface area contributed by atoms with E-state index in [-0.39, 0.29) is 11.9 Å². The third kappa shape index (κ3) is 4.28. The molecule has 2 aliphatic rings. The molecule has 0 amide bonds. The maximum absolute atomic E-state index is 14.8. The predicted molar refractivity (Wildman–Crippen MR) is 108 cm³/mol. The molecule has 0 unspecified atom stereocenters. The summed E-state index contributed by atoms with van der Waals surface area (Å²) in [5.74, 6) is -1.13. The van der Waals surface area contributed by atoms with Crippen molar-refractivity contribution in [2.75, 3.05) is 18.5 Å². The van der Waals surface area contributed by atoms with E-state index in [2.05, 4.69) is 5.32 Å². The van der Waals surface area contributed by atoms with Crippen LogP contribution in [0, 0.1) is 12.7 Å². The summed E-state index contributed by atoms with van der Waals surface area (Å²) in [4.78, 5) is 12.0. The first-order valence-corrected chi connectivity index (χ1v) is 10.1. The molecule has 6 heteroatoms. The van der Waals surface area contributed by atoms with Gasteiger partial charge in [0.2, 0.25) is 0 Å². The van der Waals surface area contributed by atoms with E-state index in [1.807, 2.05) is 24.3 Å². The second-order valence-electron chi connectivity index (χ2n) is 7.94. The van der Waals surface area contributed by atoms with Gasteiger partial charge in [0.05, 0.1) is 12.7 Å². The van der Waals surface area contributed by atoms with Gasteiger partial charge in [-0.2, -0.15) is 0 Å². The first-order chi connectivity index (χ1) is 14.0. The highest BCUT2D eigenvalue weighted by Gasteiger charge is 2.40. The SMILES string of the molecule is Cc1cccc(-c2ccc(NC3(C(=O)O)CCOCC3)cc2COC2CC2)c1F. The Balaban J connectivity index is 1.68. The average molecular weight is 399 g/mol. The van der Waals surface area contributed by atoms with Crippen LogP contribution in [0.1, 0.15) is 36.8 Å². The molecular formula is C23H26FNO4. The number of carboxylic acid groups (broad SMARTS) is 1. The van der Waals surface area contributed by atoms with Crippen LogP contribution in [-0.4, -0.2) is 35.9 Å². The molecule has 4 rings (SSSR count). The number of rotatable bonds is 7. The quantitative estimate of drug-likeness (QED) is 0.716. The molecule has 2 aromatic carbocycles. The minimum absolute atomic E-state index is 0.243. The minimum atomic E-state index is -1.05. The Kier molecular flexibility index (Phi) is 5.56. The lowest BCUT2D eigenvalue weighted by Crippen LogP contribution is -2.50. The molecule has 1 aliphatic heterocycles. The first kappa shape index (κ1) is 19.9. The van der Waals surface area contributed by atoms with Crippen molar-refractivity contribution in [2.24, 2.45) is 0 Å². The average Bonchev–Trinajstić information content (AvgIpc) is 3.54. The van der Waals surface area contributed by atoms with Crippen molar-refractivity contribution < 1.29 is 23.8 Å². The van der Waals surface area contributed by atoms with Crippen LogP contribution in [-0.2, 0) is 20.9 Å². The first-order valence-electron chi connectivity index (χ1n) is 10.1. The predicted octanol–water partition coefficient (Wildman–Crippen LogP) is 4.53. The van der Waals surface area contributed by atoms with Crippen LogP contribution in [0.3, 0.4) is 0 Å². The van der Waals surface area contributed by atoms with Crippen molar-refractivity contribution in [3.05, 3.63) is 53.3 Å². The summed E-state index contributed by atoms with van der Waals surface area (Å²) in [7, 11) is 0. The molecule has 5 nitrogen and oxygen atoms in total. The highest BCUT2D eigenvalue weighted by Crippen LogP contribution is 2.34. The van der Waals surface area contributed by atoms with E-state index in [1.165, 1.54) is 0 Å². The summed E-state index contributed by atoms with van der Waals surface area (Å²) in [6.07, 6.45) is 3.15. The van der Waals surface area contributed by atoms with Crippen molar-refractivity contribution >= 4 is 11.7 Å². The molecule has 2 N–H and O–H groups in total. The second kappa shape index (κ2) is 8.13. The van der Waals surface area contributed by atoms with Gasteiger partial charge in [0, 0.05) is 37.3 Å². The van der Waals surface area contributed by atoms with Gasteiger partial charge in [-0.15, -0.1) is 0 Å². The molecule has 2 aromatic rings. The van der Waals surface area contributed by atoms with E-state index < -0.39 is 11.5 Å². The van der Waals surface area contributed by atoms with E-state index in [1.54, 1.807) is 19.1 Å². The number of hydrogen-bond acceptors (Lipinski definition) is 4. The maximum atomic E-state index is 14.8. The van der Waals surface area contributed by atoms with Gasteiger partial charge in [0.15, 0.2) is 0 Å². The fourth-order valence-electron chi connectivity index (χ4n) is 3.74. The van der Waals surface area contributed by atoms with Gasteiger partial charge in [-0.25, -0.2) is 9.18 Å². The molecule has 29 heavy (non-hydrogen) atoms. The Labute approximate surface area is 169 Å². The monoisotopic (exact) mass is 399 g/mol. The molecule has 1 heterocycles. The van der Waals surface area contributed by atoms with Crippen molar-refractivity contribution in [2.45, 2.75) is 50.9 Å². The molecule has 1 aliphatic carbocycles. The third-order valence-electron chi connectivity index (χ3n) is 5.73. The number of hydrogen-bond donors (Lipinski definition) is 2. The van der Waals surface area contributed by atoms with Gasteiger partial charge in [0.1, 0.15) is 11.4 Å². The largest absolute Gasteiger partial charge is 0.480 e. The number of carboxylic acids is 1. The van der Waals surface area contributed by atoms with Crippen LogP contribution < -0.4 is 5.32 Å². The molecule has 0 atom stereocenters. The summed E-state index contributed by atoms with van der Waals surface area (Å²) in [5.41, 5.74) is 2.38. The highest BCUT2D eigenvalue weighted by atomic mass is 19.1. The van der Waals surface area contributed by atoms with Gasteiger partial charge in [0.25, 0.3) is 0 Å². The van der Waals surface area contributed by atoms with Gasteiger partial charge in [-0.3, -0.25) is 0 Å². The summed E-state index contributed by atoms with van der Waals surface area (Å²) in [5, 5.41) is 13.0. The van der Waals surface area contributed by atoms with Gasteiger partial charge < -0.3 is 19.9 Å². The summed E-state index contributed by atoms with van der Waals surface area (Å²) in [6.45, 7) is 2.93. The fourth-order valence-corrected chi connectivity index (χ4v) is 3.74. The second-order valence-corrected chi connectivity index (χ2v) is 7.94. The topological polar surface area (TPSA) is 67.8 Å². The smallest absolute Gasteiger partial charge is 0.329 e. The number of halogens is 1. The number of ether oxygens (including phenoxy) is 2. The minimum Gasteiger partial charge on any atom is -0.480 e. The zero-order valence-corrected chi connectivity index (χ0v) is 16.5. The van der Waals surface area contributed by atoms with Crippen LogP contribution in [0.25, 0.3) is 11.1 Å². The number of anilines is 1. The maximum Gasteiger partial charge on any atom is 0.329 e. The van der Waals surface area contributed by atoms with Crippen molar-refractivity contribution in [3.63, 3.8) is 0 Å². The van der Waals surface area contributed by atoms with Crippen LogP contribution in [0.5, 0.6) is 0 Å². The Morgan fingerprint density at radius 2 is 2.00 bits per heavy atom. The molecule has 0 spiro atoms. The molecule has 154 valence electrons. The Hall–Kier alpha value is -2.44. The summed E-state index contributed by atoms with van der Waals surface area (Å²) < 4.78 is 26.0. The molecule has 1 saturated heterocycles. The third-order valence-corrected chi connectivity index (χ3v) is 5.73. The molecule has 0 radical (unpaired) electrons. The normalized spacial score (nSPS) is 18.4. The van der Waals surface area contributed by atoms with E-state index in [9.17, 15) is 14.3 Å². The Morgan fingerprint density at radius 3 is 2.69 bits per heavy atom. The van der Waals surface area contributed by atoms with Crippen LogP contribution in [0.2, 0.25) is 0 Å². The Morgan fingerprint density at radius 1 is 1.24 bits per heavy atom. The van der Waals surface area contributed by atoms with Gasteiger partial charge in [-0.1, -0.05) is 24.3 Å². The zero-order valence-electron chi connectivity index (χ0n) is 16.5. The highest BCUT2D eigenvalue weighted by molar-refractivity contribution is 5.83. The van der Waals surface area contributed by atoms with E-state index in [4.69, 9.17) is 9.47 Å². The van der Waals surface area contributed by atoms with Crippen molar-refractivity contribution in [1.82, 2.24) is 0 Å².